The number of likely N-dealkylation sites (tertiary alicyclic amines) is 1. The molecular weight excluding hydrogens is 444 g/mol. The lowest BCUT2D eigenvalue weighted by Crippen LogP contribution is -2.33. The molecule has 0 aliphatic carbocycles. The van der Waals surface area contributed by atoms with Crippen molar-refractivity contribution in [3.05, 3.63) is 71.2 Å². The third-order valence-corrected chi connectivity index (χ3v) is 7.61. The second kappa shape index (κ2) is 9.81. The zero-order valence-electron chi connectivity index (χ0n) is 17.8. The lowest BCUT2D eigenvalue weighted by Gasteiger charge is -2.30. The van der Waals surface area contributed by atoms with Crippen molar-refractivity contribution < 1.29 is 13.2 Å². The number of hydrogen-bond acceptors (Lipinski definition) is 6. The molecule has 0 spiro atoms. The molecule has 4 rings (SSSR count). The van der Waals surface area contributed by atoms with E-state index in [2.05, 4.69) is 26.8 Å². The number of amides is 1. The number of rotatable bonds is 7. The highest BCUT2D eigenvalue weighted by Gasteiger charge is 2.17. The maximum Gasteiger partial charge on any atom is 0.263 e. The third kappa shape index (κ3) is 5.73. The van der Waals surface area contributed by atoms with Crippen molar-refractivity contribution in [3.8, 4) is 0 Å². The molecule has 2 heterocycles. The van der Waals surface area contributed by atoms with E-state index in [0.717, 1.165) is 25.6 Å². The van der Waals surface area contributed by atoms with Gasteiger partial charge in [-0.15, -0.1) is 11.3 Å². The van der Waals surface area contributed by atoms with Gasteiger partial charge in [-0.2, -0.15) is 0 Å². The average Bonchev–Trinajstić information content (AvgIpc) is 3.27. The van der Waals surface area contributed by atoms with E-state index < -0.39 is 10.0 Å². The maximum atomic E-state index is 12.6. The molecule has 0 unspecified atom stereocenters. The Morgan fingerprint density at radius 1 is 1.16 bits per heavy atom. The van der Waals surface area contributed by atoms with Crippen molar-refractivity contribution >= 4 is 38.1 Å². The van der Waals surface area contributed by atoms with Crippen LogP contribution in [-0.4, -0.2) is 37.3 Å². The third-order valence-electron chi connectivity index (χ3n) is 5.44. The van der Waals surface area contributed by atoms with Gasteiger partial charge in [0.2, 0.25) is 0 Å². The molecule has 7 nitrogen and oxygen atoms in total. The van der Waals surface area contributed by atoms with Gasteiger partial charge in [0, 0.05) is 35.9 Å². The predicted molar refractivity (Wildman–Crippen MR) is 127 cm³/mol. The normalized spacial score (nSPS) is 17.1. The van der Waals surface area contributed by atoms with Crippen molar-refractivity contribution in [3.63, 3.8) is 0 Å². The summed E-state index contributed by atoms with van der Waals surface area (Å²) in [7, 11) is -3.72. The van der Waals surface area contributed by atoms with Crippen LogP contribution in [0, 0.1) is 5.92 Å². The number of benzene rings is 2. The van der Waals surface area contributed by atoms with Gasteiger partial charge in [-0.25, -0.2) is 13.4 Å². The summed E-state index contributed by atoms with van der Waals surface area (Å²) in [5, 5.41) is 4.81. The van der Waals surface area contributed by atoms with Gasteiger partial charge >= 0.3 is 0 Å². The van der Waals surface area contributed by atoms with E-state index in [1.807, 2.05) is 24.3 Å². The molecule has 1 saturated heterocycles. The summed E-state index contributed by atoms with van der Waals surface area (Å²) in [5.41, 5.74) is 2.27. The van der Waals surface area contributed by atoms with Gasteiger partial charge in [-0.1, -0.05) is 19.1 Å². The van der Waals surface area contributed by atoms with E-state index in [0.29, 0.717) is 16.4 Å². The molecule has 0 saturated carbocycles. The van der Waals surface area contributed by atoms with Crippen LogP contribution in [0.5, 0.6) is 0 Å². The molecular formula is C23H26N4O3S2. The predicted octanol–water partition coefficient (Wildman–Crippen LogP) is 4.43. The van der Waals surface area contributed by atoms with E-state index in [4.69, 9.17) is 0 Å². The molecule has 1 aliphatic rings. The van der Waals surface area contributed by atoms with Gasteiger partial charge in [-0.05, 0) is 67.3 Å². The monoisotopic (exact) mass is 470 g/mol. The molecule has 1 aliphatic heterocycles. The Morgan fingerprint density at radius 2 is 1.91 bits per heavy atom. The van der Waals surface area contributed by atoms with Crippen molar-refractivity contribution in [1.29, 1.82) is 0 Å². The minimum absolute atomic E-state index is 0.0992. The maximum absolute atomic E-state index is 12.6. The van der Waals surface area contributed by atoms with E-state index in [-0.39, 0.29) is 10.8 Å². The number of aromatic nitrogens is 1. The molecule has 2 N–H and O–H groups in total. The summed E-state index contributed by atoms with van der Waals surface area (Å²) in [6.07, 6.45) is 4.06. The van der Waals surface area contributed by atoms with E-state index in [1.54, 1.807) is 17.5 Å². The molecule has 9 heteroatoms. The molecule has 2 aromatic carbocycles. The Morgan fingerprint density at radius 3 is 2.56 bits per heavy atom. The minimum Gasteiger partial charge on any atom is -0.322 e. The summed E-state index contributed by atoms with van der Waals surface area (Å²) in [4.78, 5) is 19.1. The Balaban J connectivity index is 1.35. The molecule has 3 aromatic rings. The van der Waals surface area contributed by atoms with Crippen LogP contribution in [0.25, 0.3) is 0 Å². The van der Waals surface area contributed by atoms with Crippen LogP contribution in [0.15, 0.2) is 65.0 Å². The Kier molecular flexibility index (Phi) is 6.88. The quantitative estimate of drug-likeness (QED) is 0.533. The molecule has 1 fully saturated rings. The van der Waals surface area contributed by atoms with Crippen LogP contribution in [-0.2, 0) is 16.6 Å². The van der Waals surface area contributed by atoms with Crippen LogP contribution < -0.4 is 10.0 Å². The van der Waals surface area contributed by atoms with Crippen LogP contribution >= 0.6 is 11.3 Å². The van der Waals surface area contributed by atoms with E-state index in [9.17, 15) is 13.2 Å². The number of thiazole rings is 1. The summed E-state index contributed by atoms with van der Waals surface area (Å²) in [6.45, 7) is 5.43. The number of anilines is 2. The van der Waals surface area contributed by atoms with Gasteiger partial charge in [0.25, 0.3) is 15.9 Å². The summed E-state index contributed by atoms with van der Waals surface area (Å²) < 4.78 is 27.3. The molecule has 1 amide bonds. The molecule has 0 bridgehead atoms. The van der Waals surface area contributed by atoms with Crippen molar-refractivity contribution in [2.45, 2.75) is 31.2 Å². The summed E-state index contributed by atoms with van der Waals surface area (Å²) >= 11 is 1.20. The molecule has 1 aromatic heterocycles. The second-order valence-corrected chi connectivity index (χ2v) is 10.7. The first-order valence-electron chi connectivity index (χ1n) is 10.5. The zero-order valence-corrected chi connectivity index (χ0v) is 19.5. The number of nitrogens with one attached hydrogen (secondary N) is 2. The lowest BCUT2D eigenvalue weighted by atomic mass is 9.99. The molecule has 1 atom stereocenters. The molecule has 168 valence electrons. The van der Waals surface area contributed by atoms with E-state index in [1.165, 1.54) is 48.1 Å². The minimum atomic E-state index is -3.72. The number of hydrogen-bond donors (Lipinski definition) is 2. The Hall–Kier alpha value is -2.75. The van der Waals surface area contributed by atoms with Gasteiger partial charge in [0.05, 0.1) is 4.90 Å². The molecule has 32 heavy (non-hydrogen) atoms. The highest BCUT2D eigenvalue weighted by Crippen LogP contribution is 2.21. The van der Waals surface area contributed by atoms with Crippen molar-refractivity contribution in [2.24, 2.45) is 5.92 Å². The highest BCUT2D eigenvalue weighted by atomic mass is 32.2. The fourth-order valence-electron chi connectivity index (χ4n) is 3.82. The summed E-state index contributed by atoms with van der Waals surface area (Å²) in [6, 6.07) is 13.7. The number of carbonyl (C=O) groups excluding carboxylic acids is 1. The van der Waals surface area contributed by atoms with Crippen molar-refractivity contribution in [2.75, 3.05) is 23.1 Å². The Labute approximate surface area is 192 Å². The molecule has 0 radical (unpaired) electrons. The SMILES string of the molecule is C[C@H]1CCCN(Cc2ccc(C(=O)Nc3ccc(S(=O)(=O)Nc4nccs4)cc3)cc2)C1. The average molecular weight is 471 g/mol. The zero-order chi connectivity index (χ0) is 22.6. The first-order valence-corrected chi connectivity index (χ1v) is 12.9. The lowest BCUT2D eigenvalue weighted by molar-refractivity contribution is 0.102. The van der Waals surface area contributed by atoms with Gasteiger partial charge in [0.1, 0.15) is 0 Å². The van der Waals surface area contributed by atoms with Crippen LogP contribution in [0.3, 0.4) is 0 Å². The largest absolute Gasteiger partial charge is 0.322 e. The van der Waals surface area contributed by atoms with Crippen LogP contribution in [0.4, 0.5) is 10.8 Å². The highest BCUT2D eigenvalue weighted by molar-refractivity contribution is 7.93. The first kappa shape index (κ1) is 22.4. The van der Waals surface area contributed by atoms with Crippen LogP contribution in [0.1, 0.15) is 35.7 Å². The fraction of sp³-hybridized carbons (Fsp3) is 0.304. The number of piperidine rings is 1. The van der Waals surface area contributed by atoms with Gasteiger partial charge in [-0.3, -0.25) is 14.4 Å². The fourth-order valence-corrected chi connectivity index (χ4v) is 5.61. The van der Waals surface area contributed by atoms with Gasteiger partial charge in [0.15, 0.2) is 5.13 Å². The summed E-state index contributed by atoms with van der Waals surface area (Å²) in [5.74, 6) is 0.498. The number of sulfonamides is 1. The smallest absolute Gasteiger partial charge is 0.263 e. The van der Waals surface area contributed by atoms with E-state index >= 15 is 0 Å². The number of carbonyl (C=O) groups is 1. The van der Waals surface area contributed by atoms with Crippen molar-refractivity contribution in [1.82, 2.24) is 9.88 Å². The topological polar surface area (TPSA) is 91.4 Å². The van der Waals surface area contributed by atoms with Crippen LogP contribution in [0.2, 0.25) is 0 Å². The first-order chi connectivity index (χ1) is 15.4. The van der Waals surface area contributed by atoms with Gasteiger partial charge < -0.3 is 5.32 Å². The standard InChI is InChI=1S/C23H26N4O3S2/c1-17-3-2-13-27(15-17)16-18-4-6-19(7-5-18)22(28)25-20-8-10-21(11-9-20)32(29,30)26-23-24-12-14-31-23/h4-12,14,17H,2-3,13,15-16H2,1H3,(H,24,26)(H,25,28)/t17-/m0/s1. The Bertz CT molecular complexity index is 1140. The number of nitrogens with zero attached hydrogens (tertiary/aromatic N) is 2. The second-order valence-electron chi connectivity index (χ2n) is 8.10.